The van der Waals surface area contributed by atoms with Gasteiger partial charge >= 0.3 is 0 Å². The third kappa shape index (κ3) is 4.42. The van der Waals surface area contributed by atoms with E-state index in [1.54, 1.807) is 0 Å². The molecule has 3 aromatic rings. The van der Waals surface area contributed by atoms with Gasteiger partial charge in [-0.15, -0.1) is 0 Å². The highest BCUT2D eigenvalue weighted by molar-refractivity contribution is 5.93. The van der Waals surface area contributed by atoms with Crippen molar-refractivity contribution >= 4 is 22.8 Å². The van der Waals surface area contributed by atoms with Crippen molar-refractivity contribution in [2.75, 3.05) is 26.6 Å². The van der Waals surface area contributed by atoms with Crippen LogP contribution in [0, 0.1) is 18.6 Å². The molecule has 0 saturated carbocycles. The Morgan fingerprint density at radius 2 is 1.82 bits per heavy atom. The molecule has 2 aromatic heterocycles. The highest BCUT2D eigenvalue weighted by atomic mass is 19.1. The maximum Gasteiger partial charge on any atom is 0.171 e. The zero-order valence-electron chi connectivity index (χ0n) is 16.7. The number of pyridine rings is 1. The fraction of sp³-hybridized carbons (Fsp3) is 0.286. The molecular formula is C21H25F2N3O2. The molecule has 150 valence electrons. The van der Waals surface area contributed by atoms with Gasteiger partial charge in [0, 0.05) is 42.0 Å². The number of nitrogens with zero attached hydrogens (tertiary/aromatic N) is 1. The normalized spacial score (nSPS) is 10.7. The van der Waals surface area contributed by atoms with Gasteiger partial charge in [-0.05, 0) is 19.4 Å². The van der Waals surface area contributed by atoms with Gasteiger partial charge in [-0.2, -0.15) is 0 Å². The minimum Gasteiger partial charge on any atom is -0.494 e. The summed E-state index contributed by atoms with van der Waals surface area (Å²) in [5.74, 6) is -1.42. The monoisotopic (exact) mass is 389 g/mol. The average Bonchev–Trinajstić information content (AvgIpc) is 3.19. The lowest BCUT2D eigenvalue weighted by molar-refractivity contribution is 0.355. The Kier molecular flexibility index (Phi) is 7.37. The SMILES string of the molecule is CC/C=C/c1cnc2[nH]ccc2c1NC.COc1cc(OC)c(F)c(C)c1F. The first-order valence-electron chi connectivity index (χ1n) is 8.85. The van der Waals surface area contributed by atoms with Crippen LogP contribution in [0.3, 0.4) is 0 Å². The van der Waals surface area contributed by atoms with Gasteiger partial charge in [-0.3, -0.25) is 0 Å². The summed E-state index contributed by atoms with van der Waals surface area (Å²) in [7, 11) is 4.56. The number of fused-ring (bicyclic) bond motifs is 1. The number of hydrogen-bond donors (Lipinski definition) is 2. The molecule has 28 heavy (non-hydrogen) atoms. The maximum absolute atomic E-state index is 13.2. The molecule has 0 amide bonds. The number of hydrogen-bond acceptors (Lipinski definition) is 4. The molecule has 2 heterocycles. The van der Waals surface area contributed by atoms with E-state index in [2.05, 4.69) is 34.4 Å². The van der Waals surface area contributed by atoms with Crippen molar-refractivity contribution in [2.45, 2.75) is 20.3 Å². The van der Waals surface area contributed by atoms with Crippen LogP contribution in [0.15, 0.2) is 30.6 Å². The van der Waals surface area contributed by atoms with E-state index in [9.17, 15) is 8.78 Å². The second-order valence-corrected chi connectivity index (χ2v) is 5.92. The standard InChI is InChI=1S/C12H15N3.C9H10F2O2/c1-3-4-5-9-8-15-12-10(6-7-14-12)11(9)13-2;1-5-8(10)6(12-2)4-7(13-3)9(5)11/h4-8H,3H2,1-2H3,(H2,13,14,15);4H,1-3H3/b5-4+;. The number of H-pyrrole nitrogens is 1. The summed E-state index contributed by atoms with van der Waals surface area (Å²) in [6, 6.07) is 3.22. The van der Waals surface area contributed by atoms with E-state index in [-0.39, 0.29) is 17.1 Å². The van der Waals surface area contributed by atoms with Gasteiger partial charge in [0.2, 0.25) is 0 Å². The smallest absolute Gasteiger partial charge is 0.171 e. The number of benzene rings is 1. The van der Waals surface area contributed by atoms with E-state index >= 15 is 0 Å². The third-order valence-corrected chi connectivity index (χ3v) is 4.19. The van der Waals surface area contributed by atoms with Crippen molar-refractivity contribution in [2.24, 2.45) is 0 Å². The fourth-order valence-electron chi connectivity index (χ4n) is 2.68. The number of rotatable bonds is 5. The maximum atomic E-state index is 13.2. The Labute approximate surface area is 163 Å². The molecule has 7 heteroatoms. The van der Waals surface area contributed by atoms with Crippen LogP contribution in [0.1, 0.15) is 24.5 Å². The first kappa shape index (κ1) is 21.2. The Bertz CT molecular complexity index is 940. The summed E-state index contributed by atoms with van der Waals surface area (Å²) in [6.45, 7) is 3.45. The largest absolute Gasteiger partial charge is 0.494 e. The van der Waals surface area contributed by atoms with Crippen molar-refractivity contribution in [3.05, 3.63) is 53.4 Å². The lowest BCUT2D eigenvalue weighted by Crippen LogP contribution is -1.98. The van der Waals surface area contributed by atoms with Gasteiger partial charge < -0.3 is 19.8 Å². The molecule has 0 aliphatic heterocycles. The van der Waals surface area contributed by atoms with Gasteiger partial charge in [-0.25, -0.2) is 13.8 Å². The molecule has 0 aliphatic rings. The minimum absolute atomic E-state index is 0.0178. The molecule has 2 N–H and O–H groups in total. The van der Waals surface area contributed by atoms with Crippen LogP contribution in [0.4, 0.5) is 14.5 Å². The number of aromatic nitrogens is 2. The van der Waals surface area contributed by atoms with Crippen LogP contribution in [-0.4, -0.2) is 31.2 Å². The van der Waals surface area contributed by atoms with Gasteiger partial charge in [0.15, 0.2) is 23.1 Å². The quantitative estimate of drug-likeness (QED) is 0.620. The van der Waals surface area contributed by atoms with Crippen molar-refractivity contribution in [3.8, 4) is 11.5 Å². The summed E-state index contributed by atoms with van der Waals surface area (Å²) < 4.78 is 35.7. The molecule has 0 bridgehead atoms. The summed E-state index contributed by atoms with van der Waals surface area (Å²) in [5.41, 5.74) is 3.08. The predicted octanol–water partition coefficient (Wildman–Crippen LogP) is 5.32. The summed E-state index contributed by atoms with van der Waals surface area (Å²) in [4.78, 5) is 7.46. The second-order valence-electron chi connectivity index (χ2n) is 5.92. The summed E-state index contributed by atoms with van der Waals surface area (Å²) >= 11 is 0. The Morgan fingerprint density at radius 3 is 2.36 bits per heavy atom. The molecule has 3 rings (SSSR count). The second kappa shape index (κ2) is 9.73. The highest BCUT2D eigenvalue weighted by Crippen LogP contribution is 2.30. The van der Waals surface area contributed by atoms with E-state index in [1.807, 2.05) is 25.5 Å². The Hall–Kier alpha value is -3.09. The van der Waals surface area contributed by atoms with E-state index in [1.165, 1.54) is 27.2 Å². The number of halogens is 2. The summed E-state index contributed by atoms with van der Waals surface area (Å²) in [6.07, 6.45) is 9.07. The van der Waals surface area contributed by atoms with E-state index < -0.39 is 11.6 Å². The van der Waals surface area contributed by atoms with Crippen LogP contribution >= 0.6 is 0 Å². The van der Waals surface area contributed by atoms with Crippen molar-refractivity contribution in [1.82, 2.24) is 9.97 Å². The van der Waals surface area contributed by atoms with Gasteiger partial charge in [0.25, 0.3) is 0 Å². The molecule has 0 radical (unpaired) electrons. The topological polar surface area (TPSA) is 59.2 Å². The number of allylic oxidation sites excluding steroid dienone is 1. The predicted molar refractivity (Wildman–Crippen MR) is 109 cm³/mol. The molecule has 0 unspecified atom stereocenters. The summed E-state index contributed by atoms with van der Waals surface area (Å²) in [5, 5.41) is 4.36. The Balaban J connectivity index is 0.000000203. The van der Waals surface area contributed by atoms with Crippen LogP contribution in [0.2, 0.25) is 0 Å². The van der Waals surface area contributed by atoms with E-state index in [0.29, 0.717) is 0 Å². The number of nitrogens with one attached hydrogen (secondary N) is 2. The number of methoxy groups -OCH3 is 2. The molecule has 0 aliphatic carbocycles. The zero-order chi connectivity index (χ0) is 20.7. The molecule has 5 nitrogen and oxygen atoms in total. The number of anilines is 1. The van der Waals surface area contributed by atoms with Gasteiger partial charge in [0.05, 0.1) is 19.9 Å². The highest BCUT2D eigenvalue weighted by Gasteiger charge is 2.15. The van der Waals surface area contributed by atoms with Gasteiger partial charge in [-0.1, -0.05) is 19.1 Å². The minimum atomic E-state index is -0.694. The molecule has 1 aromatic carbocycles. The van der Waals surface area contributed by atoms with Crippen LogP contribution in [0.5, 0.6) is 11.5 Å². The van der Waals surface area contributed by atoms with E-state index in [4.69, 9.17) is 9.47 Å². The van der Waals surface area contributed by atoms with Gasteiger partial charge in [0.1, 0.15) is 5.65 Å². The first-order valence-corrected chi connectivity index (χ1v) is 8.85. The molecule has 0 spiro atoms. The van der Waals surface area contributed by atoms with Crippen LogP contribution in [0.25, 0.3) is 17.1 Å². The van der Waals surface area contributed by atoms with Crippen molar-refractivity contribution in [3.63, 3.8) is 0 Å². The Morgan fingerprint density at radius 1 is 1.18 bits per heavy atom. The lowest BCUT2D eigenvalue weighted by atomic mass is 10.1. The molecule has 0 saturated heterocycles. The van der Waals surface area contributed by atoms with Crippen molar-refractivity contribution in [1.29, 1.82) is 0 Å². The van der Waals surface area contributed by atoms with E-state index in [0.717, 1.165) is 28.7 Å². The molecule has 0 atom stereocenters. The van der Waals surface area contributed by atoms with Crippen LogP contribution in [-0.2, 0) is 0 Å². The lowest BCUT2D eigenvalue weighted by Gasteiger charge is -2.09. The molecule has 0 fully saturated rings. The zero-order valence-corrected chi connectivity index (χ0v) is 16.7. The molecular weight excluding hydrogens is 364 g/mol. The van der Waals surface area contributed by atoms with Crippen molar-refractivity contribution < 1.29 is 18.3 Å². The number of aromatic amines is 1. The fourth-order valence-corrected chi connectivity index (χ4v) is 2.68. The third-order valence-electron chi connectivity index (χ3n) is 4.19. The first-order chi connectivity index (χ1) is 13.5. The average molecular weight is 389 g/mol. The number of ether oxygens (including phenoxy) is 2. The van der Waals surface area contributed by atoms with Crippen LogP contribution < -0.4 is 14.8 Å².